The molecule has 2 nitrogen and oxygen atoms in total. The van der Waals surface area contributed by atoms with Gasteiger partial charge in [0.25, 0.3) is 0 Å². The fourth-order valence-electron chi connectivity index (χ4n) is 1.58. The maximum atomic E-state index is 11.8. The molecule has 0 unspecified atom stereocenters. The van der Waals surface area contributed by atoms with Crippen LogP contribution in [0.5, 0.6) is 0 Å². The monoisotopic (exact) mass is 250 g/mol. The van der Waals surface area contributed by atoms with Gasteiger partial charge in [-0.1, -0.05) is 26.8 Å². The first kappa shape index (κ1) is 14.6. The Morgan fingerprint density at radius 1 is 1.28 bits per heavy atom. The van der Waals surface area contributed by atoms with E-state index in [1.807, 2.05) is 12.1 Å². The predicted octanol–water partition coefficient (Wildman–Crippen LogP) is 3.80. The number of carbonyl (C=O) groups excluding carboxylic acids is 1. The Labute approximate surface area is 107 Å². The molecule has 1 aromatic carbocycles. The minimum Gasteiger partial charge on any atom is -0.373 e. The van der Waals surface area contributed by atoms with Crippen molar-refractivity contribution >= 4 is 6.29 Å². The predicted molar refractivity (Wildman–Crippen MR) is 70.4 cm³/mol. The van der Waals surface area contributed by atoms with Crippen molar-refractivity contribution in [2.75, 3.05) is 6.61 Å². The minimum atomic E-state index is -0.0212. The first-order chi connectivity index (χ1) is 8.47. The molecule has 18 heavy (non-hydrogen) atoms. The van der Waals surface area contributed by atoms with Gasteiger partial charge in [-0.3, -0.25) is 4.79 Å². The Kier molecular flexibility index (Phi) is 5.23. The maximum Gasteiger partial charge on any atom is 0.150 e. The lowest BCUT2D eigenvalue weighted by Gasteiger charge is -2.20. The molecule has 0 aromatic heterocycles. The molecule has 0 radical (unpaired) electrons. The van der Waals surface area contributed by atoms with Gasteiger partial charge in [-0.15, -0.1) is 0 Å². The van der Waals surface area contributed by atoms with E-state index >= 15 is 0 Å². The van der Waals surface area contributed by atoms with Gasteiger partial charge >= 0.3 is 0 Å². The molecule has 0 aliphatic rings. The normalized spacial score (nSPS) is 12.0. The summed E-state index contributed by atoms with van der Waals surface area (Å²) >= 11 is 0. The van der Waals surface area contributed by atoms with Crippen LogP contribution in [0, 0.1) is 0 Å². The molecule has 0 saturated heterocycles. The minimum absolute atomic E-state index is 0.0212. The smallest absolute Gasteiger partial charge is 0.150 e. The van der Waals surface area contributed by atoms with Crippen LogP contribution in [0.25, 0.3) is 0 Å². The highest BCUT2D eigenvalue weighted by Gasteiger charge is 2.15. The molecule has 1 rings (SSSR count). The van der Waals surface area contributed by atoms with Crippen LogP contribution in [0.4, 0.5) is 4.39 Å². The summed E-state index contributed by atoms with van der Waals surface area (Å²) < 4.78 is 17.0. The van der Waals surface area contributed by atoms with Crippen LogP contribution in [0.3, 0.4) is 0 Å². The van der Waals surface area contributed by atoms with Gasteiger partial charge in [0, 0.05) is 5.56 Å². The van der Waals surface area contributed by atoms with Gasteiger partial charge in [0.2, 0.25) is 0 Å². The van der Waals surface area contributed by atoms with Crippen molar-refractivity contribution in [3.63, 3.8) is 0 Å². The van der Waals surface area contributed by atoms with Gasteiger partial charge in [0.05, 0.1) is 19.5 Å². The van der Waals surface area contributed by atoms with Gasteiger partial charge in [0.15, 0.2) is 0 Å². The lowest BCUT2D eigenvalue weighted by molar-refractivity contribution is 0.112. The van der Waals surface area contributed by atoms with Crippen LogP contribution in [0.15, 0.2) is 30.6 Å². The molecule has 0 spiro atoms. The highest BCUT2D eigenvalue weighted by Crippen LogP contribution is 2.24. The van der Waals surface area contributed by atoms with Crippen molar-refractivity contribution in [3.05, 3.63) is 47.3 Å². The fraction of sp³-hybridized carbons (Fsp3) is 0.400. The molecular formula is C15H19FO2. The summed E-state index contributed by atoms with van der Waals surface area (Å²) in [6, 6.07) is 5.70. The second-order valence-electron chi connectivity index (χ2n) is 5.21. The molecule has 0 bridgehead atoms. The molecule has 3 heteroatoms. The average Bonchev–Trinajstić information content (AvgIpc) is 2.33. The zero-order chi connectivity index (χ0) is 13.6. The topological polar surface area (TPSA) is 26.3 Å². The first-order valence-electron chi connectivity index (χ1n) is 5.90. The summed E-state index contributed by atoms with van der Waals surface area (Å²) in [6.07, 6.45) is 2.59. The number of aldehydes is 1. The molecule has 0 saturated carbocycles. The number of benzene rings is 1. The summed E-state index contributed by atoms with van der Waals surface area (Å²) in [7, 11) is 0. The maximum absolute atomic E-state index is 11.8. The molecular weight excluding hydrogens is 231 g/mol. The summed E-state index contributed by atoms with van der Waals surface area (Å²) in [5, 5.41) is 0. The summed E-state index contributed by atoms with van der Waals surface area (Å²) in [5.41, 5.74) is 2.64. The largest absolute Gasteiger partial charge is 0.373 e. The molecule has 0 heterocycles. The SMILES string of the molecule is CC(C)(C)c1cc(C=O)cc(COC/C=C/F)c1. The molecule has 0 atom stereocenters. The van der Waals surface area contributed by atoms with E-state index in [4.69, 9.17) is 4.74 Å². The van der Waals surface area contributed by atoms with E-state index in [0.717, 1.165) is 17.4 Å². The molecule has 0 aliphatic heterocycles. The molecule has 0 aliphatic carbocycles. The van der Waals surface area contributed by atoms with Gasteiger partial charge in [0.1, 0.15) is 6.29 Å². The van der Waals surface area contributed by atoms with Crippen molar-refractivity contribution in [3.8, 4) is 0 Å². The van der Waals surface area contributed by atoms with Crippen LogP contribution in [0.2, 0.25) is 0 Å². The Morgan fingerprint density at radius 3 is 2.56 bits per heavy atom. The Balaban J connectivity index is 2.87. The van der Waals surface area contributed by atoms with E-state index in [1.54, 1.807) is 6.07 Å². The molecule has 0 amide bonds. The number of rotatable bonds is 5. The lowest BCUT2D eigenvalue weighted by atomic mass is 9.85. The van der Waals surface area contributed by atoms with E-state index in [2.05, 4.69) is 20.8 Å². The average molecular weight is 250 g/mol. The molecule has 1 aromatic rings. The zero-order valence-electron chi connectivity index (χ0n) is 11.1. The van der Waals surface area contributed by atoms with Gasteiger partial charge in [-0.25, -0.2) is 4.39 Å². The number of halogens is 1. The second kappa shape index (κ2) is 6.45. The highest BCUT2D eigenvalue weighted by atomic mass is 19.1. The summed E-state index contributed by atoms with van der Waals surface area (Å²) in [4.78, 5) is 10.9. The van der Waals surface area contributed by atoms with Crippen molar-refractivity contribution in [1.29, 1.82) is 0 Å². The van der Waals surface area contributed by atoms with Crippen LogP contribution in [-0.2, 0) is 16.8 Å². The third kappa shape index (κ3) is 4.41. The van der Waals surface area contributed by atoms with Crippen molar-refractivity contribution in [1.82, 2.24) is 0 Å². The number of carbonyl (C=O) groups is 1. The summed E-state index contributed by atoms with van der Waals surface area (Å²) in [6.45, 7) is 6.87. The van der Waals surface area contributed by atoms with Crippen molar-refractivity contribution < 1.29 is 13.9 Å². The number of hydrogen-bond donors (Lipinski definition) is 0. The van der Waals surface area contributed by atoms with E-state index in [1.165, 1.54) is 6.08 Å². The van der Waals surface area contributed by atoms with Crippen LogP contribution in [0.1, 0.15) is 42.3 Å². The van der Waals surface area contributed by atoms with Gasteiger partial charge in [-0.05, 0) is 34.8 Å². The van der Waals surface area contributed by atoms with E-state index < -0.39 is 0 Å². The van der Waals surface area contributed by atoms with Crippen LogP contribution >= 0.6 is 0 Å². The van der Waals surface area contributed by atoms with E-state index in [9.17, 15) is 9.18 Å². The van der Waals surface area contributed by atoms with Gasteiger partial charge < -0.3 is 4.74 Å². The Morgan fingerprint density at radius 2 is 2.00 bits per heavy atom. The molecule has 0 N–H and O–H groups in total. The van der Waals surface area contributed by atoms with E-state index in [-0.39, 0.29) is 12.0 Å². The van der Waals surface area contributed by atoms with Crippen molar-refractivity contribution in [2.24, 2.45) is 0 Å². The molecule has 98 valence electrons. The Bertz CT molecular complexity index is 431. The standard InChI is InChI=1S/C15H19FO2/c1-15(2,3)14-8-12(10-17)7-13(9-14)11-18-6-4-5-16/h4-5,7-10H,6,11H2,1-3H3/b5-4+. The van der Waals surface area contributed by atoms with E-state index in [0.29, 0.717) is 18.5 Å². The van der Waals surface area contributed by atoms with Crippen LogP contribution in [-0.4, -0.2) is 12.9 Å². The number of ether oxygens (including phenoxy) is 1. The quantitative estimate of drug-likeness (QED) is 0.587. The third-order valence-corrected chi connectivity index (χ3v) is 2.59. The number of hydrogen-bond acceptors (Lipinski definition) is 2. The Hall–Kier alpha value is -1.48. The lowest BCUT2D eigenvalue weighted by Crippen LogP contribution is -2.12. The van der Waals surface area contributed by atoms with Crippen LogP contribution < -0.4 is 0 Å². The van der Waals surface area contributed by atoms with Crippen molar-refractivity contribution in [2.45, 2.75) is 32.8 Å². The highest BCUT2D eigenvalue weighted by molar-refractivity contribution is 5.75. The summed E-state index contributed by atoms with van der Waals surface area (Å²) in [5.74, 6) is 0. The third-order valence-electron chi connectivity index (χ3n) is 2.59. The van der Waals surface area contributed by atoms with Gasteiger partial charge in [-0.2, -0.15) is 0 Å². The molecule has 0 fully saturated rings. The first-order valence-corrected chi connectivity index (χ1v) is 5.90. The fourth-order valence-corrected chi connectivity index (χ4v) is 1.58. The zero-order valence-corrected chi connectivity index (χ0v) is 11.1. The second-order valence-corrected chi connectivity index (χ2v) is 5.21.